The third-order valence-corrected chi connectivity index (χ3v) is 1.75. The number of ether oxygens (including phenoxy) is 1. The lowest BCUT2D eigenvalue weighted by Crippen LogP contribution is -2.19. The molecular weight excluding hydrogens is 164 g/mol. The fourth-order valence-corrected chi connectivity index (χ4v) is 1.20. The third-order valence-electron chi connectivity index (χ3n) is 1.75. The molecule has 0 heterocycles. The van der Waals surface area contributed by atoms with Crippen molar-refractivity contribution in [1.29, 1.82) is 0 Å². The summed E-state index contributed by atoms with van der Waals surface area (Å²) in [6, 6.07) is 0. The highest BCUT2D eigenvalue weighted by Crippen LogP contribution is 2.20. The van der Waals surface area contributed by atoms with E-state index in [1.54, 1.807) is 6.08 Å². The van der Waals surface area contributed by atoms with Crippen molar-refractivity contribution in [3.63, 3.8) is 0 Å². The summed E-state index contributed by atoms with van der Waals surface area (Å²) >= 11 is 0. The van der Waals surface area contributed by atoms with Gasteiger partial charge in [-0.05, 0) is 31.6 Å². The lowest BCUT2D eigenvalue weighted by atomic mass is 10.0. The first-order valence-corrected chi connectivity index (χ1v) is 4.48. The van der Waals surface area contributed by atoms with Crippen LogP contribution in [0.1, 0.15) is 13.8 Å². The second-order valence-corrected chi connectivity index (χ2v) is 2.78. The number of aliphatic hydroxyl groups excluding tert-OH is 1. The lowest BCUT2D eigenvalue weighted by molar-refractivity contribution is 0.0892. The molecule has 0 saturated carbocycles. The first-order chi connectivity index (χ1) is 6.27. The summed E-state index contributed by atoms with van der Waals surface area (Å²) < 4.78 is 5.23. The van der Waals surface area contributed by atoms with E-state index in [0.29, 0.717) is 12.7 Å². The number of hydrogen-bond donors (Lipinski definition) is 1. The molecule has 0 amide bonds. The van der Waals surface area contributed by atoms with Gasteiger partial charge in [-0.25, -0.2) is 0 Å². The Labute approximate surface area is 79.2 Å². The molecule has 0 aromatic carbocycles. The van der Waals surface area contributed by atoms with Gasteiger partial charge in [0.15, 0.2) is 6.10 Å². The fourth-order valence-electron chi connectivity index (χ4n) is 1.20. The zero-order valence-electron chi connectivity index (χ0n) is 8.03. The first kappa shape index (κ1) is 10.2. The van der Waals surface area contributed by atoms with Crippen molar-refractivity contribution in [3.8, 4) is 0 Å². The third kappa shape index (κ3) is 2.83. The van der Waals surface area contributed by atoms with Gasteiger partial charge in [0, 0.05) is 6.61 Å². The highest BCUT2D eigenvalue weighted by Gasteiger charge is 2.18. The van der Waals surface area contributed by atoms with Crippen LogP contribution in [-0.2, 0) is 4.74 Å². The molecule has 71 valence electrons. The molecule has 2 nitrogen and oxygen atoms in total. The average Bonchev–Trinajstić information content (AvgIpc) is 2.10. The summed E-state index contributed by atoms with van der Waals surface area (Å²) in [5.41, 5.74) is 1.01. The summed E-state index contributed by atoms with van der Waals surface area (Å²) in [6.45, 7) is 4.44. The minimum Gasteiger partial charge on any atom is -0.385 e. The van der Waals surface area contributed by atoms with Gasteiger partial charge in [-0.1, -0.05) is 18.2 Å². The van der Waals surface area contributed by atoms with Gasteiger partial charge in [0.05, 0.1) is 0 Å². The maximum absolute atomic E-state index is 9.57. The maximum Gasteiger partial charge on any atom is 0.151 e. The summed E-state index contributed by atoms with van der Waals surface area (Å²) in [4.78, 5) is 0. The Morgan fingerprint density at radius 2 is 2.31 bits per heavy atom. The van der Waals surface area contributed by atoms with Crippen molar-refractivity contribution in [1.82, 2.24) is 0 Å². The summed E-state index contributed by atoms with van der Waals surface area (Å²) in [5.74, 6) is 0. The minimum absolute atomic E-state index is 0.587. The van der Waals surface area contributed by atoms with Gasteiger partial charge in [0.1, 0.15) is 6.10 Å². The van der Waals surface area contributed by atoms with Crippen LogP contribution in [0.5, 0.6) is 0 Å². The predicted octanol–water partition coefficient (Wildman–Crippen LogP) is 1.99. The van der Waals surface area contributed by atoms with Crippen LogP contribution in [0, 0.1) is 6.10 Å². The van der Waals surface area contributed by atoms with E-state index in [0.717, 1.165) is 5.57 Å². The number of allylic oxidation sites excluding steroid dienone is 4. The maximum atomic E-state index is 9.57. The Morgan fingerprint density at radius 3 is 2.85 bits per heavy atom. The molecular formula is C11H15O2. The van der Waals surface area contributed by atoms with Crippen molar-refractivity contribution in [2.45, 2.75) is 20.0 Å². The Kier molecular flexibility index (Phi) is 3.93. The van der Waals surface area contributed by atoms with E-state index in [4.69, 9.17) is 4.74 Å². The molecule has 0 saturated heterocycles. The van der Waals surface area contributed by atoms with Crippen LogP contribution in [0.3, 0.4) is 0 Å². The Bertz CT molecular complexity index is 238. The molecule has 0 bridgehead atoms. The van der Waals surface area contributed by atoms with Crippen molar-refractivity contribution in [3.05, 3.63) is 42.1 Å². The average molecular weight is 179 g/mol. The van der Waals surface area contributed by atoms with Crippen LogP contribution in [0.25, 0.3) is 0 Å². The Balaban J connectivity index is 2.61. The Hall–Kier alpha value is -0.860. The molecule has 13 heavy (non-hydrogen) atoms. The van der Waals surface area contributed by atoms with Gasteiger partial charge in [-0.3, -0.25) is 0 Å². The number of aliphatic hydroxyl groups is 1. The molecule has 0 aromatic heterocycles. The molecule has 1 aliphatic rings. The van der Waals surface area contributed by atoms with Gasteiger partial charge >= 0.3 is 0 Å². The molecule has 1 aliphatic carbocycles. The van der Waals surface area contributed by atoms with Crippen LogP contribution in [0.4, 0.5) is 0 Å². The number of rotatable bonds is 3. The highest BCUT2D eigenvalue weighted by molar-refractivity contribution is 5.39. The molecule has 0 fully saturated rings. The molecule has 1 rings (SSSR count). The predicted molar refractivity (Wildman–Crippen MR) is 52.9 cm³/mol. The van der Waals surface area contributed by atoms with Crippen molar-refractivity contribution >= 4 is 0 Å². The van der Waals surface area contributed by atoms with E-state index in [-0.39, 0.29) is 0 Å². The van der Waals surface area contributed by atoms with Crippen molar-refractivity contribution < 1.29 is 9.84 Å². The van der Waals surface area contributed by atoms with Crippen LogP contribution in [0.15, 0.2) is 36.0 Å². The van der Waals surface area contributed by atoms with E-state index in [1.165, 1.54) is 0 Å². The summed E-state index contributed by atoms with van der Waals surface area (Å²) in [5, 5.41) is 9.57. The summed E-state index contributed by atoms with van der Waals surface area (Å²) in [7, 11) is 0. The largest absolute Gasteiger partial charge is 0.385 e. The van der Waals surface area contributed by atoms with E-state index in [2.05, 4.69) is 0 Å². The smallest absolute Gasteiger partial charge is 0.151 e. The minimum atomic E-state index is -0.601. The van der Waals surface area contributed by atoms with Crippen LogP contribution in [-0.4, -0.2) is 17.8 Å². The van der Waals surface area contributed by atoms with Gasteiger partial charge in [0.2, 0.25) is 0 Å². The second-order valence-electron chi connectivity index (χ2n) is 2.78. The lowest BCUT2D eigenvalue weighted by Gasteiger charge is -2.19. The van der Waals surface area contributed by atoms with Crippen LogP contribution >= 0.6 is 0 Å². The molecule has 0 aromatic rings. The topological polar surface area (TPSA) is 29.5 Å². The van der Waals surface area contributed by atoms with Crippen LogP contribution in [0.2, 0.25) is 0 Å². The van der Waals surface area contributed by atoms with Gasteiger partial charge in [-0.2, -0.15) is 0 Å². The molecule has 1 N–H and O–H groups in total. The fraction of sp³-hybridized carbons (Fsp3) is 0.364. The number of hydrogen-bond acceptors (Lipinski definition) is 2. The zero-order chi connectivity index (χ0) is 9.68. The van der Waals surface area contributed by atoms with Gasteiger partial charge in [-0.15, -0.1) is 0 Å². The van der Waals surface area contributed by atoms with Crippen molar-refractivity contribution in [2.75, 3.05) is 6.61 Å². The van der Waals surface area contributed by atoms with E-state index in [1.807, 2.05) is 38.2 Å². The monoisotopic (exact) mass is 179 g/mol. The second kappa shape index (κ2) is 5.00. The van der Waals surface area contributed by atoms with Gasteiger partial charge < -0.3 is 9.84 Å². The Morgan fingerprint density at radius 1 is 1.54 bits per heavy atom. The normalized spacial score (nSPS) is 23.9. The van der Waals surface area contributed by atoms with E-state index < -0.39 is 6.10 Å². The van der Waals surface area contributed by atoms with Gasteiger partial charge in [0.25, 0.3) is 0 Å². The first-order valence-electron chi connectivity index (χ1n) is 4.48. The SMILES string of the molecule is C/C=C\C1=CC(O)[C](OCC)C=C1. The molecule has 1 radical (unpaired) electrons. The molecule has 1 unspecified atom stereocenters. The summed E-state index contributed by atoms with van der Waals surface area (Å²) in [6.07, 6.45) is 9.41. The van der Waals surface area contributed by atoms with E-state index in [9.17, 15) is 5.11 Å². The van der Waals surface area contributed by atoms with Crippen LogP contribution < -0.4 is 0 Å². The molecule has 0 aliphatic heterocycles. The standard InChI is InChI=1S/C11H15O2/c1-3-5-9-6-7-11(13-4-2)10(12)8-9/h3,5-8,10,12H,4H2,1-2H3/b5-3-. The quantitative estimate of drug-likeness (QED) is 0.718. The van der Waals surface area contributed by atoms with E-state index >= 15 is 0 Å². The molecule has 2 heteroatoms. The highest BCUT2D eigenvalue weighted by atomic mass is 16.5. The molecule has 1 atom stereocenters. The zero-order valence-corrected chi connectivity index (χ0v) is 8.03. The van der Waals surface area contributed by atoms with Crippen molar-refractivity contribution in [2.24, 2.45) is 0 Å². The molecule has 0 spiro atoms.